The van der Waals surface area contributed by atoms with Gasteiger partial charge in [-0.05, 0) is 30.7 Å². The highest BCUT2D eigenvalue weighted by atomic mass is 16.1. The van der Waals surface area contributed by atoms with E-state index in [0.29, 0.717) is 17.4 Å². The van der Waals surface area contributed by atoms with Gasteiger partial charge in [0.25, 0.3) is 0 Å². The van der Waals surface area contributed by atoms with Crippen molar-refractivity contribution in [3.63, 3.8) is 0 Å². The molecule has 3 heteroatoms. The van der Waals surface area contributed by atoms with Crippen LogP contribution in [0.25, 0.3) is 0 Å². The van der Waals surface area contributed by atoms with Gasteiger partial charge in [-0.25, -0.2) is 0 Å². The fourth-order valence-electron chi connectivity index (χ4n) is 3.42. The van der Waals surface area contributed by atoms with Crippen molar-refractivity contribution in [1.29, 1.82) is 0 Å². The third-order valence-corrected chi connectivity index (χ3v) is 4.90. The van der Waals surface area contributed by atoms with Crippen LogP contribution in [-0.2, 0) is 7.05 Å². The topological polar surface area (TPSA) is 39.1 Å². The second-order valence-electron chi connectivity index (χ2n) is 6.17. The number of carbonyl (C=O) groups excluding carboxylic acids is 1. The number of Topliss-reactive ketones (excluding diaryl/α,β-unsaturated/α-hetero) is 1. The first-order valence-electron chi connectivity index (χ1n) is 7.75. The smallest absolute Gasteiger partial charge is 0.250 e. The van der Waals surface area contributed by atoms with Gasteiger partial charge < -0.3 is 4.57 Å². The summed E-state index contributed by atoms with van der Waals surface area (Å²) in [4.78, 5) is 24.2. The average molecular weight is 275 g/mol. The molecule has 1 aliphatic carbocycles. The molecule has 1 aromatic heterocycles. The Morgan fingerprint density at radius 1 is 1.35 bits per heavy atom. The molecule has 2 rings (SSSR count). The molecule has 1 heterocycles. The molecule has 3 nitrogen and oxygen atoms in total. The lowest BCUT2D eigenvalue weighted by Gasteiger charge is -2.34. The molecule has 20 heavy (non-hydrogen) atoms. The van der Waals surface area contributed by atoms with E-state index in [0.717, 1.165) is 25.7 Å². The summed E-state index contributed by atoms with van der Waals surface area (Å²) < 4.78 is 1.49. The highest BCUT2D eigenvalue weighted by molar-refractivity contribution is 5.97. The zero-order valence-corrected chi connectivity index (χ0v) is 12.8. The van der Waals surface area contributed by atoms with Crippen LogP contribution in [-0.4, -0.2) is 10.4 Å². The molecule has 1 saturated carbocycles. The lowest BCUT2D eigenvalue weighted by Crippen LogP contribution is -2.32. The predicted octanol–water partition coefficient (Wildman–Crippen LogP) is 3.42. The maximum Gasteiger partial charge on any atom is 0.250 e. The summed E-state index contributed by atoms with van der Waals surface area (Å²) >= 11 is 0. The molecule has 3 unspecified atom stereocenters. The van der Waals surface area contributed by atoms with Gasteiger partial charge in [0.15, 0.2) is 5.78 Å². The van der Waals surface area contributed by atoms with E-state index in [9.17, 15) is 9.59 Å². The predicted molar refractivity (Wildman–Crippen MR) is 80.9 cm³/mol. The summed E-state index contributed by atoms with van der Waals surface area (Å²) in [5, 5.41) is 0. The molecular formula is C17H25NO2. The number of aryl methyl sites for hydroxylation is 1. The second kappa shape index (κ2) is 6.38. The summed E-state index contributed by atoms with van der Waals surface area (Å²) in [6.45, 7) is 4.46. The number of aromatic nitrogens is 1. The van der Waals surface area contributed by atoms with Crippen LogP contribution in [0.2, 0.25) is 0 Å². The zero-order valence-electron chi connectivity index (χ0n) is 12.8. The molecule has 0 radical (unpaired) electrons. The molecule has 0 amide bonds. The Hall–Kier alpha value is -1.38. The number of hydrogen-bond acceptors (Lipinski definition) is 2. The number of pyridine rings is 1. The quantitative estimate of drug-likeness (QED) is 0.790. The molecular weight excluding hydrogens is 250 g/mol. The van der Waals surface area contributed by atoms with Crippen LogP contribution in [0.1, 0.15) is 56.3 Å². The first-order valence-corrected chi connectivity index (χ1v) is 7.75. The highest BCUT2D eigenvalue weighted by Gasteiger charge is 2.34. The number of nitrogens with zero attached hydrogens (tertiary/aromatic N) is 1. The van der Waals surface area contributed by atoms with Crippen molar-refractivity contribution in [3.05, 3.63) is 34.2 Å². The number of rotatable bonds is 4. The van der Waals surface area contributed by atoms with Gasteiger partial charge in [0, 0.05) is 30.8 Å². The van der Waals surface area contributed by atoms with Crippen molar-refractivity contribution in [2.45, 2.75) is 46.0 Å². The number of ketones is 1. The Labute approximate surface area is 121 Å². The maximum absolute atomic E-state index is 12.8. The summed E-state index contributed by atoms with van der Waals surface area (Å²) in [7, 11) is 1.70. The van der Waals surface area contributed by atoms with E-state index in [1.54, 1.807) is 19.3 Å². The Morgan fingerprint density at radius 3 is 2.70 bits per heavy atom. The molecule has 0 bridgehead atoms. The van der Waals surface area contributed by atoms with Gasteiger partial charge in [0.1, 0.15) is 0 Å². The van der Waals surface area contributed by atoms with Crippen molar-refractivity contribution < 1.29 is 4.79 Å². The Balaban J connectivity index is 2.25. The van der Waals surface area contributed by atoms with Gasteiger partial charge in [-0.2, -0.15) is 0 Å². The summed E-state index contributed by atoms with van der Waals surface area (Å²) in [5.41, 5.74) is 0.621. The fourth-order valence-corrected chi connectivity index (χ4v) is 3.42. The lowest BCUT2D eigenvalue weighted by molar-refractivity contribution is 0.0762. The third kappa shape index (κ3) is 3.02. The van der Waals surface area contributed by atoms with E-state index in [2.05, 4.69) is 13.8 Å². The van der Waals surface area contributed by atoms with Crippen molar-refractivity contribution in [2.75, 3.05) is 0 Å². The van der Waals surface area contributed by atoms with E-state index in [4.69, 9.17) is 0 Å². The second-order valence-corrected chi connectivity index (χ2v) is 6.17. The van der Waals surface area contributed by atoms with Crippen molar-refractivity contribution in [1.82, 2.24) is 4.57 Å². The van der Waals surface area contributed by atoms with Crippen LogP contribution in [0.15, 0.2) is 23.1 Å². The maximum atomic E-state index is 12.8. The first-order chi connectivity index (χ1) is 9.54. The van der Waals surface area contributed by atoms with E-state index in [1.165, 1.54) is 17.1 Å². The molecule has 0 aliphatic heterocycles. The minimum Gasteiger partial charge on any atom is -0.318 e. The normalized spacial score (nSPS) is 24.4. The van der Waals surface area contributed by atoms with Gasteiger partial charge in [0.2, 0.25) is 5.56 Å². The van der Waals surface area contributed by atoms with Crippen molar-refractivity contribution in [3.8, 4) is 0 Å². The largest absolute Gasteiger partial charge is 0.318 e. The van der Waals surface area contributed by atoms with Gasteiger partial charge >= 0.3 is 0 Å². The standard InChI is InChI=1S/C17H25NO2/c1-4-12(2)14-7-5-6-8-15(14)17(20)13-9-10-16(19)18(3)11-13/h9-12,14-15H,4-8H2,1-3H3. The lowest BCUT2D eigenvalue weighted by atomic mass is 9.69. The van der Waals surface area contributed by atoms with E-state index >= 15 is 0 Å². The van der Waals surface area contributed by atoms with Crippen LogP contribution in [0.5, 0.6) is 0 Å². The van der Waals surface area contributed by atoms with Gasteiger partial charge in [-0.1, -0.05) is 33.1 Å². The monoisotopic (exact) mass is 275 g/mol. The van der Waals surface area contributed by atoms with Crippen LogP contribution in [0.4, 0.5) is 0 Å². The minimum absolute atomic E-state index is 0.0660. The molecule has 110 valence electrons. The van der Waals surface area contributed by atoms with E-state index in [-0.39, 0.29) is 17.3 Å². The van der Waals surface area contributed by atoms with Gasteiger partial charge in [-0.15, -0.1) is 0 Å². The van der Waals surface area contributed by atoms with Crippen LogP contribution in [0, 0.1) is 17.8 Å². The highest BCUT2D eigenvalue weighted by Crippen LogP contribution is 2.38. The van der Waals surface area contributed by atoms with Crippen molar-refractivity contribution in [2.24, 2.45) is 24.8 Å². The number of hydrogen-bond donors (Lipinski definition) is 0. The van der Waals surface area contributed by atoms with Crippen LogP contribution in [0.3, 0.4) is 0 Å². The average Bonchev–Trinajstić information content (AvgIpc) is 2.48. The molecule has 1 aromatic rings. The molecule has 1 fully saturated rings. The zero-order chi connectivity index (χ0) is 14.7. The van der Waals surface area contributed by atoms with Gasteiger partial charge in [0.05, 0.1) is 0 Å². The van der Waals surface area contributed by atoms with Crippen molar-refractivity contribution >= 4 is 5.78 Å². The van der Waals surface area contributed by atoms with E-state index in [1.807, 2.05) is 0 Å². The summed E-state index contributed by atoms with van der Waals surface area (Å²) in [6.07, 6.45) is 7.36. The van der Waals surface area contributed by atoms with Crippen LogP contribution >= 0.6 is 0 Å². The third-order valence-electron chi connectivity index (χ3n) is 4.90. The Morgan fingerprint density at radius 2 is 2.05 bits per heavy atom. The SMILES string of the molecule is CCC(C)C1CCCCC1C(=O)c1ccc(=O)n(C)c1. The Bertz CT molecular complexity index is 532. The van der Waals surface area contributed by atoms with Gasteiger partial charge in [-0.3, -0.25) is 9.59 Å². The fraction of sp³-hybridized carbons (Fsp3) is 0.647. The molecule has 1 aliphatic rings. The molecule has 0 aromatic carbocycles. The Kier molecular flexibility index (Phi) is 4.79. The van der Waals surface area contributed by atoms with E-state index < -0.39 is 0 Å². The molecule has 0 N–H and O–H groups in total. The van der Waals surface area contributed by atoms with Crippen LogP contribution < -0.4 is 5.56 Å². The number of carbonyl (C=O) groups is 1. The minimum atomic E-state index is -0.0660. The summed E-state index contributed by atoms with van der Waals surface area (Å²) in [6, 6.07) is 3.18. The molecule has 0 spiro atoms. The first kappa shape index (κ1) is 15.0. The molecule has 0 saturated heterocycles. The molecule has 3 atom stereocenters. The summed E-state index contributed by atoms with van der Waals surface area (Å²) in [5.74, 6) is 1.46.